The van der Waals surface area contributed by atoms with Gasteiger partial charge in [0, 0.05) is 27.6 Å². The minimum Gasteiger partial charge on any atom is -0.454 e. The lowest BCUT2D eigenvalue weighted by Crippen LogP contribution is -2.67. The summed E-state index contributed by atoms with van der Waals surface area (Å²) in [6.07, 6.45) is -28.5. The Balaban J connectivity index is 1.59. The highest BCUT2D eigenvalue weighted by Crippen LogP contribution is 2.36. The van der Waals surface area contributed by atoms with Gasteiger partial charge in [0.2, 0.25) is 0 Å². The van der Waals surface area contributed by atoms with Crippen LogP contribution < -0.4 is 5.73 Å². The molecular formula is C34H59NO21. The molecule has 0 unspecified atom stereocenters. The smallest absolute Gasteiger partial charge is 0.303 e. The van der Waals surface area contributed by atoms with Crippen LogP contribution in [0.4, 0.5) is 0 Å². The number of rotatable bonds is 17. The Morgan fingerprint density at radius 3 is 1.46 bits per heavy atom. The van der Waals surface area contributed by atoms with E-state index in [1.54, 1.807) is 0 Å². The second-order valence-corrected chi connectivity index (χ2v) is 14.2. The monoisotopic (exact) mass is 817 g/mol. The molecule has 4 aliphatic rings. The molecule has 4 fully saturated rings. The SMILES string of the molecule is CO[C@@H]1[C@H](O)[C@H](C)O[C@@H](O[C@@H]2[C@@H](O)[C@H](O[C@@H]3[C@H](O)[C@H](C)O[C@@H](O[C@@H]4[C@@H](O)[C@H](OCCCCCN)O[C@H](CO)[C@H]4O)[C@@H]3OC(C)=O)O[C@H](CO)[C@H]2O)[C@@H]1OC(C)=O. The third-order valence-electron chi connectivity index (χ3n) is 10.0. The maximum absolute atomic E-state index is 12.4. The Labute approximate surface area is 323 Å². The first-order chi connectivity index (χ1) is 26.6. The van der Waals surface area contributed by atoms with Gasteiger partial charge >= 0.3 is 11.9 Å². The molecule has 326 valence electrons. The zero-order chi connectivity index (χ0) is 41.4. The number of aliphatic hydroxyl groups is 8. The molecule has 0 aromatic heterocycles. The van der Waals surface area contributed by atoms with Gasteiger partial charge < -0.3 is 98.7 Å². The molecule has 22 heteroatoms. The molecule has 4 aliphatic heterocycles. The molecule has 0 radical (unpaired) electrons. The molecule has 4 saturated heterocycles. The van der Waals surface area contributed by atoms with Gasteiger partial charge in [0.05, 0.1) is 25.4 Å². The van der Waals surface area contributed by atoms with E-state index in [0.29, 0.717) is 13.0 Å². The van der Waals surface area contributed by atoms with E-state index in [0.717, 1.165) is 26.7 Å². The second-order valence-electron chi connectivity index (χ2n) is 14.2. The number of hydrogen-bond donors (Lipinski definition) is 9. The summed E-state index contributed by atoms with van der Waals surface area (Å²) < 4.78 is 62.8. The van der Waals surface area contributed by atoms with Crippen molar-refractivity contribution < 1.29 is 103 Å². The first-order valence-electron chi connectivity index (χ1n) is 18.7. The normalized spacial score (nSPS) is 44.6. The van der Waals surface area contributed by atoms with Gasteiger partial charge in [0.15, 0.2) is 37.4 Å². The largest absolute Gasteiger partial charge is 0.454 e. The van der Waals surface area contributed by atoms with Gasteiger partial charge in [-0.05, 0) is 39.7 Å². The summed E-state index contributed by atoms with van der Waals surface area (Å²) in [6.45, 7) is 4.12. The Bertz CT molecular complexity index is 1220. The quantitative estimate of drug-likeness (QED) is 0.0492. The highest BCUT2D eigenvalue weighted by molar-refractivity contribution is 5.66. The minimum absolute atomic E-state index is 0.140. The molecule has 0 spiro atoms. The van der Waals surface area contributed by atoms with E-state index in [-0.39, 0.29) is 6.61 Å². The fourth-order valence-electron chi connectivity index (χ4n) is 7.02. The van der Waals surface area contributed by atoms with Crippen LogP contribution in [0.5, 0.6) is 0 Å². The molecule has 0 amide bonds. The Morgan fingerprint density at radius 1 is 0.554 bits per heavy atom. The maximum Gasteiger partial charge on any atom is 0.303 e. The number of carbonyl (C=O) groups excluding carboxylic acids is 2. The van der Waals surface area contributed by atoms with E-state index in [4.69, 9.17) is 57.8 Å². The summed E-state index contributed by atoms with van der Waals surface area (Å²) >= 11 is 0. The van der Waals surface area contributed by atoms with Crippen molar-refractivity contribution in [1.82, 2.24) is 0 Å². The van der Waals surface area contributed by atoms with Gasteiger partial charge in [0.25, 0.3) is 0 Å². The third-order valence-corrected chi connectivity index (χ3v) is 10.0. The summed E-state index contributed by atoms with van der Waals surface area (Å²) in [5.41, 5.74) is 5.54. The predicted octanol–water partition coefficient (Wildman–Crippen LogP) is -4.74. The summed E-state index contributed by atoms with van der Waals surface area (Å²) in [5, 5.41) is 87.0. The molecule has 0 bridgehead atoms. The molecule has 0 saturated carbocycles. The first-order valence-corrected chi connectivity index (χ1v) is 18.7. The van der Waals surface area contributed by atoms with E-state index >= 15 is 0 Å². The van der Waals surface area contributed by atoms with Crippen LogP contribution in [0.15, 0.2) is 0 Å². The lowest BCUT2D eigenvalue weighted by atomic mass is 9.95. The molecular weight excluding hydrogens is 758 g/mol. The van der Waals surface area contributed by atoms with Gasteiger partial charge in [-0.15, -0.1) is 0 Å². The van der Waals surface area contributed by atoms with Crippen LogP contribution in [0.3, 0.4) is 0 Å². The standard InChI is InChI=1S/C34H59NO21/c1-13-19(40)27(46-5)29(50-15(3)38)33(48-13)55-26-22(43)18(12-37)53-32(24(26)45)56-28-20(41)14(2)49-34(30(28)51-16(4)39)54-25-21(42)17(11-36)52-31(23(25)44)47-10-8-6-7-9-35/h13-14,17-34,36-37,40-45H,6-12,35H2,1-5H3/t13-,14-,17+,18+,19+,20+,21+,22+,23+,24+,25-,26-,27+,28+,29+,30+,31+,32-,33-,34-/m0/s1. The summed E-state index contributed by atoms with van der Waals surface area (Å²) in [6, 6.07) is 0. The zero-order valence-corrected chi connectivity index (χ0v) is 32.0. The highest BCUT2D eigenvalue weighted by Gasteiger charge is 2.56. The second kappa shape index (κ2) is 21.5. The van der Waals surface area contributed by atoms with Crippen LogP contribution in [-0.2, 0) is 61.7 Å². The number of ether oxygens (including phenoxy) is 11. The Kier molecular flexibility index (Phi) is 18.0. The number of esters is 2. The molecule has 4 heterocycles. The predicted molar refractivity (Wildman–Crippen MR) is 182 cm³/mol. The van der Waals surface area contributed by atoms with Crippen LogP contribution in [0, 0.1) is 0 Å². The number of methoxy groups -OCH3 is 1. The van der Waals surface area contributed by atoms with Crippen molar-refractivity contribution in [3.8, 4) is 0 Å². The third kappa shape index (κ3) is 11.1. The molecule has 4 rings (SSSR count). The number of carbonyl (C=O) groups is 2. The first kappa shape index (κ1) is 46.9. The fraction of sp³-hybridized carbons (Fsp3) is 0.941. The maximum atomic E-state index is 12.4. The van der Waals surface area contributed by atoms with Crippen LogP contribution >= 0.6 is 0 Å². The number of hydrogen-bond acceptors (Lipinski definition) is 22. The molecule has 56 heavy (non-hydrogen) atoms. The Hall–Kier alpha value is -1.78. The zero-order valence-electron chi connectivity index (χ0n) is 32.0. The highest BCUT2D eigenvalue weighted by atomic mass is 16.8. The van der Waals surface area contributed by atoms with Gasteiger partial charge in [-0.25, -0.2) is 0 Å². The van der Waals surface area contributed by atoms with E-state index in [1.165, 1.54) is 21.0 Å². The molecule has 0 aliphatic carbocycles. The topological polar surface area (TPSA) is 324 Å². The molecule has 10 N–H and O–H groups in total. The lowest BCUT2D eigenvalue weighted by Gasteiger charge is -2.49. The summed E-state index contributed by atoms with van der Waals surface area (Å²) in [7, 11) is 1.26. The molecule has 0 aromatic rings. The van der Waals surface area contributed by atoms with Gasteiger partial charge in [-0.1, -0.05) is 0 Å². The summed E-state index contributed by atoms with van der Waals surface area (Å²) in [4.78, 5) is 24.4. The Morgan fingerprint density at radius 2 is 1.00 bits per heavy atom. The van der Waals surface area contributed by atoms with Gasteiger partial charge in [-0.3, -0.25) is 9.59 Å². The van der Waals surface area contributed by atoms with E-state index in [9.17, 15) is 50.4 Å². The fourth-order valence-corrected chi connectivity index (χ4v) is 7.02. The average Bonchev–Trinajstić information content (AvgIpc) is 3.15. The molecule has 22 nitrogen and oxygen atoms in total. The minimum atomic E-state index is -1.95. The van der Waals surface area contributed by atoms with Crippen molar-refractivity contribution in [3.05, 3.63) is 0 Å². The van der Waals surface area contributed by atoms with E-state index < -0.39 is 148 Å². The number of nitrogens with two attached hydrogens (primary N) is 1. The number of aliphatic hydroxyl groups excluding tert-OH is 8. The van der Waals surface area contributed by atoms with Crippen molar-refractivity contribution in [2.45, 2.75) is 170 Å². The van der Waals surface area contributed by atoms with Gasteiger partial charge in [0.1, 0.15) is 73.2 Å². The van der Waals surface area contributed by atoms with Crippen molar-refractivity contribution in [2.24, 2.45) is 5.73 Å². The molecule has 20 atom stereocenters. The average molecular weight is 818 g/mol. The van der Waals surface area contributed by atoms with Crippen LogP contribution in [0.25, 0.3) is 0 Å². The van der Waals surface area contributed by atoms with Crippen LogP contribution in [0.1, 0.15) is 47.0 Å². The van der Waals surface area contributed by atoms with Gasteiger partial charge in [-0.2, -0.15) is 0 Å². The van der Waals surface area contributed by atoms with E-state index in [1.807, 2.05) is 0 Å². The lowest BCUT2D eigenvalue weighted by molar-refractivity contribution is -0.388. The van der Waals surface area contributed by atoms with Crippen molar-refractivity contribution >= 4 is 11.9 Å². The van der Waals surface area contributed by atoms with Crippen molar-refractivity contribution in [1.29, 1.82) is 0 Å². The molecule has 0 aromatic carbocycles. The summed E-state index contributed by atoms with van der Waals surface area (Å²) in [5.74, 6) is -1.70. The van der Waals surface area contributed by atoms with Crippen molar-refractivity contribution in [2.75, 3.05) is 33.5 Å². The van der Waals surface area contributed by atoms with Crippen LogP contribution in [0.2, 0.25) is 0 Å². The van der Waals surface area contributed by atoms with Crippen molar-refractivity contribution in [3.63, 3.8) is 0 Å². The number of unbranched alkanes of at least 4 members (excludes halogenated alkanes) is 2. The van der Waals surface area contributed by atoms with E-state index in [2.05, 4.69) is 0 Å². The van der Waals surface area contributed by atoms with Crippen LogP contribution in [-0.4, -0.2) is 209 Å².